The molecule has 2 aromatic rings. The van der Waals surface area contributed by atoms with Gasteiger partial charge in [-0.05, 0) is 62.2 Å². The minimum Gasteiger partial charge on any atom is -0.372 e. The zero-order chi connectivity index (χ0) is 20.4. The molecule has 0 unspecified atom stereocenters. The van der Waals surface area contributed by atoms with Crippen LogP contribution >= 0.6 is 0 Å². The average Bonchev–Trinajstić information content (AvgIpc) is 2.70. The van der Waals surface area contributed by atoms with Gasteiger partial charge in [-0.3, -0.25) is 9.59 Å². The molecule has 0 heterocycles. The van der Waals surface area contributed by atoms with Crippen LogP contribution in [0.5, 0.6) is 0 Å². The number of amides is 2. The van der Waals surface area contributed by atoms with Crippen LogP contribution in [0.1, 0.15) is 49.5 Å². The van der Waals surface area contributed by atoms with Crippen molar-refractivity contribution in [2.75, 3.05) is 23.3 Å². The molecule has 2 amide bonds. The smallest absolute Gasteiger partial charge is 0.271 e. The van der Waals surface area contributed by atoms with Crippen LogP contribution in [0.4, 0.5) is 11.4 Å². The monoisotopic (exact) mass is 380 g/mol. The van der Waals surface area contributed by atoms with E-state index in [1.54, 1.807) is 30.5 Å². The lowest BCUT2D eigenvalue weighted by Gasteiger charge is -2.20. The summed E-state index contributed by atoms with van der Waals surface area (Å²) in [5, 5.41) is 6.81. The van der Waals surface area contributed by atoms with E-state index in [-0.39, 0.29) is 11.8 Å². The van der Waals surface area contributed by atoms with Gasteiger partial charge in [0, 0.05) is 36.4 Å². The van der Waals surface area contributed by atoms with Crippen molar-refractivity contribution in [2.45, 2.75) is 33.6 Å². The first kappa shape index (κ1) is 21.2. The van der Waals surface area contributed by atoms with Gasteiger partial charge in [-0.1, -0.05) is 19.1 Å². The minimum absolute atomic E-state index is 0.0312. The molecule has 2 N–H and O–H groups in total. The van der Waals surface area contributed by atoms with E-state index < -0.39 is 0 Å². The topological polar surface area (TPSA) is 73.8 Å². The molecule has 2 aromatic carbocycles. The molecule has 0 saturated carbocycles. The van der Waals surface area contributed by atoms with E-state index in [0.717, 1.165) is 30.8 Å². The first-order chi connectivity index (χ1) is 13.6. The first-order valence-electron chi connectivity index (χ1n) is 9.65. The number of hydrogen-bond donors (Lipinski definition) is 2. The lowest BCUT2D eigenvalue weighted by molar-refractivity contribution is -0.116. The highest BCUT2D eigenvalue weighted by Gasteiger charge is 2.06. The van der Waals surface area contributed by atoms with E-state index in [4.69, 9.17) is 0 Å². The van der Waals surface area contributed by atoms with Crippen molar-refractivity contribution < 1.29 is 9.59 Å². The highest BCUT2D eigenvalue weighted by Crippen LogP contribution is 2.14. The number of rotatable bonds is 9. The van der Waals surface area contributed by atoms with E-state index >= 15 is 0 Å². The average molecular weight is 380 g/mol. The minimum atomic E-state index is -0.303. The largest absolute Gasteiger partial charge is 0.372 e. The molecule has 0 bridgehead atoms. The van der Waals surface area contributed by atoms with E-state index in [1.165, 1.54) is 0 Å². The third kappa shape index (κ3) is 6.23. The molecule has 0 aromatic heterocycles. The fourth-order valence-electron chi connectivity index (χ4n) is 2.75. The third-order valence-corrected chi connectivity index (χ3v) is 4.31. The molecule has 148 valence electrons. The lowest BCUT2D eigenvalue weighted by atomic mass is 10.2. The number of benzene rings is 2. The summed E-state index contributed by atoms with van der Waals surface area (Å²) in [5.41, 5.74) is 5.74. The fourth-order valence-corrected chi connectivity index (χ4v) is 2.75. The van der Waals surface area contributed by atoms with Crippen molar-refractivity contribution in [1.29, 1.82) is 0 Å². The Hall–Kier alpha value is -3.15. The summed E-state index contributed by atoms with van der Waals surface area (Å²) in [5.74, 6) is -0.334. The van der Waals surface area contributed by atoms with Gasteiger partial charge in [-0.15, -0.1) is 0 Å². The predicted molar refractivity (Wildman–Crippen MR) is 115 cm³/mol. The van der Waals surface area contributed by atoms with Gasteiger partial charge in [-0.2, -0.15) is 5.10 Å². The van der Waals surface area contributed by atoms with E-state index in [1.807, 2.05) is 31.2 Å². The van der Waals surface area contributed by atoms with Crippen LogP contribution < -0.4 is 15.6 Å². The molecular formula is C22H28N4O2. The highest BCUT2D eigenvalue weighted by atomic mass is 16.2. The Bertz CT molecular complexity index is 794. The van der Waals surface area contributed by atoms with Crippen LogP contribution in [0.3, 0.4) is 0 Å². The van der Waals surface area contributed by atoms with Crippen molar-refractivity contribution in [2.24, 2.45) is 5.10 Å². The Labute approximate surface area is 166 Å². The highest BCUT2D eigenvalue weighted by molar-refractivity contribution is 5.96. The van der Waals surface area contributed by atoms with Crippen LogP contribution in [0.15, 0.2) is 53.6 Å². The summed E-state index contributed by atoms with van der Waals surface area (Å²) in [6, 6.07) is 14.8. The number of carbonyl (C=O) groups excluding carboxylic acids is 2. The maximum atomic E-state index is 12.2. The molecule has 28 heavy (non-hydrogen) atoms. The summed E-state index contributed by atoms with van der Waals surface area (Å²) in [4.78, 5) is 26.0. The van der Waals surface area contributed by atoms with Gasteiger partial charge in [0.15, 0.2) is 0 Å². The molecule has 6 nitrogen and oxygen atoms in total. The molecule has 0 aliphatic carbocycles. The van der Waals surface area contributed by atoms with Crippen molar-refractivity contribution in [1.82, 2.24) is 5.43 Å². The van der Waals surface area contributed by atoms with Gasteiger partial charge in [0.25, 0.3) is 5.91 Å². The third-order valence-electron chi connectivity index (χ3n) is 4.31. The van der Waals surface area contributed by atoms with Crippen LogP contribution in [-0.4, -0.2) is 31.1 Å². The number of hydrazone groups is 1. The number of nitrogens with zero attached hydrogens (tertiary/aromatic N) is 2. The number of carbonyl (C=O) groups is 2. The van der Waals surface area contributed by atoms with Crippen molar-refractivity contribution in [3.8, 4) is 0 Å². The molecule has 0 fully saturated rings. The maximum absolute atomic E-state index is 12.2. The number of nitrogens with one attached hydrogen (secondary N) is 2. The molecular weight excluding hydrogens is 352 g/mol. The van der Waals surface area contributed by atoms with Crippen LogP contribution in [0, 0.1) is 0 Å². The summed E-state index contributed by atoms with van der Waals surface area (Å²) in [6.45, 7) is 8.12. The number of anilines is 2. The van der Waals surface area contributed by atoms with Crippen LogP contribution in [0.25, 0.3) is 0 Å². The molecule has 0 atom stereocenters. The quantitative estimate of drug-likeness (QED) is 0.509. The van der Waals surface area contributed by atoms with Crippen molar-refractivity contribution in [3.05, 3.63) is 59.7 Å². The Balaban J connectivity index is 1.90. The zero-order valence-corrected chi connectivity index (χ0v) is 16.7. The Morgan fingerprint density at radius 1 is 0.964 bits per heavy atom. The SMILES string of the molecule is CCCC(=O)Nc1ccc(C(=O)NN=Cc2ccc(N(CC)CC)cc2)cc1. The van der Waals surface area contributed by atoms with E-state index in [0.29, 0.717) is 17.7 Å². The molecule has 0 aliphatic heterocycles. The van der Waals surface area contributed by atoms with E-state index in [9.17, 15) is 9.59 Å². The number of hydrogen-bond acceptors (Lipinski definition) is 4. The molecule has 2 rings (SSSR count). The maximum Gasteiger partial charge on any atom is 0.271 e. The van der Waals surface area contributed by atoms with Gasteiger partial charge >= 0.3 is 0 Å². The summed E-state index contributed by atoms with van der Waals surface area (Å²) < 4.78 is 0. The molecule has 0 radical (unpaired) electrons. The van der Waals surface area contributed by atoms with E-state index in [2.05, 4.69) is 34.6 Å². The normalized spacial score (nSPS) is 10.7. The first-order valence-corrected chi connectivity index (χ1v) is 9.65. The van der Waals surface area contributed by atoms with Gasteiger partial charge in [-0.25, -0.2) is 5.43 Å². The van der Waals surface area contributed by atoms with Crippen molar-refractivity contribution >= 4 is 29.4 Å². The standard InChI is InChI=1S/C22H28N4O2/c1-4-7-21(27)24-19-12-10-18(11-13-19)22(28)25-23-16-17-8-14-20(15-9-17)26(5-2)6-3/h8-16H,4-7H2,1-3H3,(H,24,27)(H,25,28). The molecule has 0 aliphatic rings. The predicted octanol–water partition coefficient (Wildman–Crippen LogP) is 4.04. The summed E-state index contributed by atoms with van der Waals surface area (Å²) in [6.07, 6.45) is 2.89. The fraction of sp³-hybridized carbons (Fsp3) is 0.318. The van der Waals surface area contributed by atoms with Gasteiger partial charge in [0.05, 0.1) is 6.21 Å². The molecule has 6 heteroatoms. The van der Waals surface area contributed by atoms with Crippen molar-refractivity contribution in [3.63, 3.8) is 0 Å². The van der Waals surface area contributed by atoms with Gasteiger partial charge in [0.2, 0.25) is 5.91 Å². The second-order valence-corrected chi connectivity index (χ2v) is 6.34. The molecule has 0 saturated heterocycles. The summed E-state index contributed by atoms with van der Waals surface area (Å²) in [7, 11) is 0. The lowest BCUT2D eigenvalue weighted by Crippen LogP contribution is -2.21. The second-order valence-electron chi connectivity index (χ2n) is 6.34. The molecule has 0 spiro atoms. The Kier molecular flexibility index (Phi) is 8.21. The van der Waals surface area contributed by atoms with Gasteiger partial charge in [0.1, 0.15) is 0 Å². The zero-order valence-electron chi connectivity index (χ0n) is 16.7. The van der Waals surface area contributed by atoms with Crippen LogP contribution in [0.2, 0.25) is 0 Å². The Morgan fingerprint density at radius 2 is 1.61 bits per heavy atom. The summed E-state index contributed by atoms with van der Waals surface area (Å²) >= 11 is 0. The van der Waals surface area contributed by atoms with Gasteiger partial charge < -0.3 is 10.2 Å². The van der Waals surface area contributed by atoms with Crippen LogP contribution in [-0.2, 0) is 4.79 Å². The Morgan fingerprint density at radius 3 is 2.18 bits per heavy atom. The second kappa shape index (κ2) is 10.9.